The van der Waals surface area contributed by atoms with E-state index in [2.05, 4.69) is 11.0 Å². The van der Waals surface area contributed by atoms with E-state index in [0.717, 1.165) is 31.5 Å². The van der Waals surface area contributed by atoms with Crippen molar-refractivity contribution in [1.29, 1.82) is 5.26 Å². The highest BCUT2D eigenvalue weighted by Gasteiger charge is 2.24. The molecule has 0 atom stereocenters. The molecule has 26 heavy (non-hydrogen) atoms. The molecule has 2 fully saturated rings. The molecule has 2 saturated heterocycles. The van der Waals surface area contributed by atoms with Crippen molar-refractivity contribution in [1.82, 2.24) is 14.7 Å². The minimum absolute atomic E-state index is 0.0525. The minimum Gasteiger partial charge on any atom is -0.342 e. The monoisotopic (exact) mass is 352 g/mol. The molecule has 0 unspecified atom stereocenters. The van der Waals surface area contributed by atoms with E-state index in [9.17, 15) is 9.59 Å². The number of carbonyl (C=O) groups excluding carboxylic acids is 2. The summed E-state index contributed by atoms with van der Waals surface area (Å²) in [6.07, 6.45) is 5.44. The Balaban J connectivity index is 1.48. The molecule has 0 spiro atoms. The maximum absolute atomic E-state index is 12.4. The second-order valence-electron chi connectivity index (χ2n) is 6.72. The first-order valence-corrected chi connectivity index (χ1v) is 9.13. The number of nitriles is 1. The zero-order valence-corrected chi connectivity index (χ0v) is 14.9. The van der Waals surface area contributed by atoms with Crippen LogP contribution in [-0.2, 0) is 9.59 Å². The van der Waals surface area contributed by atoms with Crippen LogP contribution in [0.2, 0.25) is 0 Å². The van der Waals surface area contributed by atoms with Crippen molar-refractivity contribution in [2.45, 2.75) is 12.8 Å². The number of benzene rings is 1. The lowest BCUT2D eigenvalue weighted by Crippen LogP contribution is -2.51. The van der Waals surface area contributed by atoms with E-state index in [0.29, 0.717) is 38.3 Å². The molecular weight excluding hydrogens is 328 g/mol. The molecule has 2 aliphatic rings. The SMILES string of the molecule is N#Cc1ccccc1/C=C/C(=O)N1CCN(CC(=O)N2CCCC2)CC1. The summed E-state index contributed by atoms with van der Waals surface area (Å²) in [6, 6.07) is 9.34. The van der Waals surface area contributed by atoms with Crippen molar-refractivity contribution in [3.63, 3.8) is 0 Å². The van der Waals surface area contributed by atoms with E-state index in [4.69, 9.17) is 5.26 Å². The van der Waals surface area contributed by atoms with E-state index in [1.807, 2.05) is 17.0 Å². The Kier molecular flexibility index (Phi) is 6.03. The van der Waals surface area contributed by atoms with Crippen molar-refractivity contribution >= 4 is 17.9 Å². The van der Waals surface area contributed by atoms with Crippen LogP contribution in [-0.4, -0.2) is 72.3 Å². The molecule has 1 aromatic rings. The van der Waals surface area contributed by atoms with Crippen molar-refractivity contribution < 1.29 is 9.59 Å². The Morgan fingerprint density at radius 3 is 2.38 bits per heavy atom. The number of likely N-dealkylation sites (tertiary alicyclic amines) is 1. The maximum Gasteiger partial charge on any atom is 0.246 e. The van der Waals surface area contributed by atoms with Crippen molar-refractivity contribution in [2.75, 3.05) is 45.8 Å². The van der Waals surface area contributed by atoms with Crippen molar-refractivity contribution in [3.05, 3.63) is 41.5 Å². The van der Waals surface area contributed by atoms with Crippen LogP contribution in [0.3, 0.4) is 0 Å². The second kappa shape index (κ2) is 8.63. The largest absolute Gasteiger partial charge is 0.342 e. The average Bonchev–Trinajstić information content (AvgIpc) is 3.22. The number of nitrogens with zero attached hydrogens (tertiary/aromatic N) is 4. The van der Waals surface area contributed by atoms with Gasteiger partial charge in [-0.2, -0.15) is 5.26 Å². The summed E-state index contributed by atoms with van der Waals surface area (Å²) in [5, 5.41) is 9.10. The fourth-order valence-electron chi connectivity index (χ4n) is 3.39. The van der Waals surface area contributed by atoms with Crippen LogP contribution in [0.25, 0.3) is 6.08 Å². The lowest BCUT2D eigenvalue weighted by atomic mass is 10.1. The molecule has 136 valence electrons. The van der Waals surface area contributed by atoms with Crippen molar-refractivity contribution in [3.8, 4) is 6.07 Å². The summed E-state index contributed by atoms with van der Waals surface area (Å²) in [7, 11) is 0. The molecule has 6 nitrogen and oxygen atoms in total. The molecule has 1 aromatic carbocycles. The van der Waals surface area contributed by atoms with Crippen LogP contribution in [0.5, 0.6) is 0 Å². The van der Waals surface area contributed by atoms with E-state index >= 15 is 0 Å². The molecule has 0 saturated carbocycles. The molecule has 0 radical (unpaired) electrons. The first-order chi connectivity index (χ1) is 12.7. The summed E-state index contributed by atoms with van der Waals surface area (Å²) < 4.78 is 0. The van der Waals surface area contributed by atoms with E-state index in [1.54, 1.807) is 23.1 Å². The highest BCUT2D eigenvalue weighted by molar-refractivity contribution is 5.92. The first-order valence-electron chi connectivity index (χ1n) is 9.13. The maximum atomic E-state index is 12.4. The first kappa shape index (κ1) is 18.2. The highest BCUT2D eigenvalue weighted by atomic mass is 16.2. The van der Waals surface area contributed by atoms with Gasteiger partial charge in [-0.05, 0) is 30.5 Å². The molecule has 0 bridgehead atoms. The van der Waals surface area contributed by atoms with Gasteiger partial charge in [-0.15, -0.1) is 0 Å². The topological polar surface area (TPSA) is 67.6 Å². The number of hydrogen-bond acceptors (Lipinski definition) is 4. The summed E-state index contributed by atoms with van der Waals surface area (Å²) in [5.41, 5.74) is 1.31. The molecule has 2 aliphatic heterocycles. The van der Waals surface area contributed by atoms with Gasteiger partial charge in [0.2, 0.25) is 11.8 Å². The van der Waals surface area contributed by atoms with Gasteiger partial charge in [0.25, 0.3) is 0 Å². The van der Waals surface area contributed by atoms with E-state index in [-0.39, 0.29) is 11.8 Å². The Hall–Kier alpha value is -2.65. The molecular formula is C20H24N4O2. The second-order valence-corrected chi connectivity index (χ2v) is 6.72. The Morgan fingerprint density at radius 1 is 1.00 bits per heavy atom. The smallest absolute Gasteiger partial charge is 0.246 e. The van der Waals surface area contributed by atoms with Gasteiger partial charge < -0.3 is 9.80 Å². The molecule has 0 aromatic heterocycles. The van der Waals surface area contributed by atoms with Gasteiger partial charge in [0.1, 0.15) is 0 Å². The van der Waals surface area contributed by atoms with E-state index < -0.39 is 0 Å². The van der Waals surface area contributed by atoms with Crippen LogP contribution >= 0.6 is 0 Å². The lowest BCUT2D eigenvalue weighted by Gasteiger charge is -2.34. The van der Waals surface area contributed by atoms with Crippen molar-refractivity contribution in [2.24, 2.45) is 0 Å². The number of rotatable bonds is 4. The normalized spacial score (nSPS) is 18.3. The Morgan fingerprint density at radius 2 is 1.69 bits per heavy atom. The predicted octanol–water partition coefficient (Wildman–Crippen LogP) is 1.34. The van der Waals surface area contributed by atoms with Gasteiger partial charge >= 0.3 is 0 Å². The molecule has 6 heteroatoms. The van der Waals surface area contributed by atoms with Gasteiger partial charge in [-0.3, -0.25) is 14.5 Å². The van der Waals surface area contributed by atoms with Gasteiger partial charge in [-0.1, -0.05) is 18.2 Å². The number of amides is 2. The molecule has 0 N–H and O–H groups in total. The summed E-state index contributed by atoms with van der Waals surface area (Å²) >= 11 is 0. The van der Waals surface area contributed by atoms with Crippen LogP contribution in [0.4, 0.5) is 0 Å². The summed E-state index contributed by atoms with van der Waals surface area (Å²) in [4.78, 5) is 30.4. The van der Waals surface area contributed by atoms with Gasteiger partial charge in [-0.25, -0.2) is 0 Å². The third kappa shape index (κ3) is 4.50. The molecule has 2 heterocycles. The van der Waals surface area contributed by atoms with Gasteiger partial charge in [0.05, 0.1) is 18.2 Å². The molecule has 0 aliphatic carbocycles. The number of piperazine rings is 1. The fourth-order valence-corrected chi connectivity index (χ4v) is 3.39. The minimum atomic E-state index is -0.0525. The summed E-state index contributed by atoms with van der Waals surface area (Å²) in [5.74, 6) is 0.151. The average molecular weight is 352 g/mol. The molecule has 3 rings (SSSR count). The third-order valence-corrected chi connectivity index (χ3v) is 4.99. The van der Waals surface area contributed by atoms with Crippen LogP contribution < -0.4 is 0 Å². The fraction of sp³-hybridized carbons (Fsp3) is 0.450. The zero-order chi connectivity index (χ0) is 18.4. The molecule has 2 amide bonds. The van der Waals surface area contributed by atoms with Gasteiger partial charge in [0.15, 0.2) is 0 Å². The summed E-state index contributed by atoms with van der Waals surface area (Å²) in [6.45, 7) is 4.89. The van der Waals surface area contributed by atoms with Gasteiger partial charge in [0, 0.05) is 45.3 Å². The van der Waals surface area contributed by atoms with Crippen LogP contribution in [0, 0.1) is 11.3 Å². The Bertz CT molecular complexity index is 724. The number of carbonyl (C=O) groups is 2. The Labute approximate surface area is 154 Å². The standard InChI is InChI=1S/C20H24N4O2/c21-15-18-6-2-1-5-17(18)7-8-19(25)24-13-11-22(12-14-24)16-20(26)23-9-3-4-10-23/h1-2,5-8H,3-4,9-14,16H2/b8-7+. The lowest BCUT2D eigenvalue weighted by molar-refractivity contribution is -0.132. The van der Waals surface area contributed by atoms with E-state index in [1.165, 1.54) is 6.08 Å². The van der Waals surface area contributed by atoms with Crippen LogP contribution in [0.1, 0.15) is 24.0 Å². The quantitative estimate of drug-likeness (QED) is 0.767. The van der Waals surface area contributed by atoms with Crippen LogP contribution in [0.15, 0.2) is 30.3 Å². The highest BCUT2D eigenvalue weighted by Crippen LogP contribution is 2.11. The third-order valence-electron chi connectivity index (χ3n) is 4.99. The zero-order valence-electron chi connectivity index (χ0n) is 14.9. The number of hydrogen-bond donors (Lipinski definition) is 0. The predicted molar refractivity (Wildman–Crippen MR) is 99.0 cm³/mol.